The summed E-state index contributed by atoms with van der Waals surface area (Å²) in [6.07, 6.45) is 1.69. The number of methoxy groups -OCH3 is 1. The number of rotatable bonds is 3. The summed E-state index contributed by atoms with van der Waals surface area (Å²) in [5.74, 6) is 2.51. The molecular formula is C21H30N4O2. The predicted molar refractivity (Wildman–Crippen MR) is 109 cm³/mol. The smallest absolute Gasteiger partial charge is 0.172 e. The molecule has 4 unspecified atom stereocenters. The summed E-state index contributed by atoms with van der Waals surface area (Å²) in [6.45, 7) is 10.0. The summed E-state index contributed by atoms with van der Waals surface area (Å²) in [5, 5.41) is 0. The monoisotopic (exact) mass is 370 g/mol. The van der Waals surface area contributed by atoms with Crippen molar-refractivity contribution in [2.24, 2.45) is 5.92 Å². The van der Waals surface area contributed by atoms with E-state index in [-0.39, 0.29) is 18.3 Å². The van der Waals surface area contributed by atoms with Gasteiger partial charge in [-0.3, -0.25) is 0 Å². The van der Waals surface area contributed by atoms with E-state index in [9.17, 15) is 0 Å². The average molecular weight is 370 g/mol. The molecule has 6 nitrogen and oxygen atoms in total. The molecule has 3 heterocycles. The van der Waals surface area contributed by atoms with Crippen LogP contribution in [0.25, 0.3) is 11.0 Å². The zero-order chi connectivity index (χ0) is 19.0. The van der Waals surface area contributed by atoms with Gasteiger partial charge in [0.05, 0.1) is 29.3 Å². The van der Waals surface area contributed by atoms with Crippen molar-refractivity contribution in [2.75, 3.05) is 43.1 Å². The van der Waals surface area contributed by atoms with Gasteiger partial charge in [-0.2, -0.15) is 0 Å². The summed E-state index contributed by atoms with van der Waals surface area (Å²) < 4.78 is 11.7. The van der Waals surface area contributed by atoms with Crippen LogP contribution in [0.2, 0.25) is 0 Å². The van der Waals surface area contributed by atoms with Crippen LogP contribution >= 0.6 is 0 Å². The molecule has 0 N–H and O–H groups in total. The summed E-state index contributed by atoms with van der Waals surface area (Å²) >= 11 is 0. The highest BCUT2D eigenvalue weighted by Gasteiger charge is 2.32. The standard InChI is InChI=1S/C21H30N4O2/c1-14-9-10-24(13-19(14)26-4)20-21(25-11-15(2)27-16(3)12-25)23-18-8-6-5-7-17(18)22-20/h5-8,14-16,19H,9-13H2,1-4H3. The van der Waals surface area contributed by atoms with Crippen LogP contribution in [-0.2, 0) is 9.47 Å². The van der Waals surface area contributed by atoms with Crippen LogP contribution in [0.5, 0.6) is 0 Å². The lowest BCUT2D eigenvalue weighted by Crippen LogP contribution is -2.48. The van der Waals surface area contributed by atoms with Gasteiger partial charge in [-0.05, 0) is 38.3 Å². The van der Waals surface area contributed by atoms with Crippen molar-refractivity contribution >= 4 is 22.7 Å². The Kier molecular flexibility index (Phi) is 5.19. The molecule has 2 saturated heterocycles. The molecule has 1 aromatic carbocycles. The topological polar surface area (TPSA) is 50.7 Å². The van der Waals surface area contributed by atoms with Gasteiger partial charge in [0.15, 0.2) is 11.6 Å². The van der Waals surface area contributed by atoms with Gasteiger partial charge in [-0.25, -0.2) is 9.97 Å². The molecule has 2 aromatic rings. The SMILES string of the molecule is COC1CN(c2nc3ccccc3nc2N2CC(C)OC(C)C2)CCC1C. The molecule has 27 heavy (non-hydrogen) atoms. The number of ether oxygens (including phenoxy) is 2. The number of hydrogen-bond acceptors (Lipinski definition) is 6. The first-order valence-corrected chi connectivity index (χ1v) is 10.00. The number of piperidine rings is 1. The van der Waals surface area contributed by atoms with E-state index in [2.05, 4.69) is 30.6 Å². The second-order valence-electron chi connectivity index (χ2n) is 8.01. The molecule has 0 radical (unpaired) electrons. The van der Waals surface area contributed by atoms with Gasteiger partial charge in [-0.1, -0.05) is 19.1 Å². The maximum Gasteiger partial charge on any atom is 0.172 e. The zero-order valence-corrected chi connectivity index (χ0v) is 16.8. The van der Waals surface area contributed by atoms with E-state index in [1.54, 1.807) is 0 Å². The van der Waals surface area contributed by atoms with E-state index in [1.807, 2.05) is 31.4 Å². The fourth-order valence-electron chi connectivity index (χ4n) is 4.29. The molecule has 2 aliphatic heterocycles. The number of fused-ring (bicyclic) bond motifs is 1. The molecule has 0 saturated carbocycles. The van der Waals surface area contributed by atoms with Gasteiger partial charge in [0.2, 0.25) is 0 Å². The lowest BCUT2D eigenvalue weighted by atomic mass is 9.96. The van der Waals surface area contributed by atoms with Crippen LogP contribution in [0.4, 0.5) is 11.6 Å². The van der Waals surface area contributed by atoms with Crippen LogP contribution in [-0.4, -0.2) is 61.6 Å². The molecular weight excluding hydrogens is 340 g/mol. The van der Waals surface area contributed by atoms with Crippen LogP contribution in [0.15, 0.2) is 24.3 Å². The Morgan fingerprint density at radius 1 is 0.926 bits per heavy atom. The number of para-hydroxylation sites is 2. The number of hydrogen-bond donors (Lipinski definition) is 0. The van der Waals surface area contributed by atoms with Gasteiger partial charge in [0.25, 0.3) is 0 Å². The molecule has 146 valence electrons. The Bertz CT molecular complexity index is 789. The fraction of sp³-hybridized carbons (Fsp3) is 0.619. The van der Waals surface area contributed by atoms with Crippen LogP contribution in [0.1, 0.15) is 27.2 Å². The minimum atomic E-state index is 0.183. The molecule has 0 bridgehead atoms. The van der Waals surface area contributed by atoms with E-state index in [0.29, 0.717) is 5.92 Å². The Morgan fingerprint density at radius 2 is 1.52 bits per heavy atom. The number of morpholine rings is 1. The first kappa shape index (κ1) is 18.4. The van der Waals surface area contributed by atoms with Crippen molar-refractivity contribution in [3.63, 3.8) is 0 Å². The second-order valence-corrected chi connectivity index (χ2v) is 8.01. The molecule has 4 atom stereocenters. The van der Waals surface area contributed by atoms with Gasteiger partial charge < -0.3 is 19.3 Å². The Labute approximate surface area is 161 Å². The lowest BCUT2D eigenvalue weighted by molar-refractivity contribution is -0.00545. The number of nitrogens with zero attached hydrogens (tertiary/aromatic N) is 4. The Hall–Kier alpha value is -1.92. The molecule has 0 aliphatic carbocycles. The van der Waals surface area contributed by atoms with E-state index in [4.69, 9.17) is 19.4 Å². The Morgan fingerprint density at radius 3 is 2.11 bits per heavy atom. The summed E-state index contributed by atoms with van der Waals surface area (Å²) in [5.41, 5.74) is 1.88. The van der Waals surface area contributed by atoms with Crippen molar-refractivity contribution in [2.45, 2.75) is 45.5 Å². The second kappa shape index (κ2) is 7.60. The van der Waals surface area contributed by atoms with Gasteiger partial charge in [0.1, 0.15) is 0 Å². The number of aromatic nitrogens is 2. The van der Waals surface area contributed by atoms with E-state index in [0.717, 1.165) is 55.3 Å². The van der Waals surface area contributed by atoms with E-state index < -0.39 is 0 Å². The van der Waals surface area contributed by atoms with Crippen molar-refractivity contribution < 1.29 is 9.47 Å². The zero-order valence-electron chi connectivity index (χ0n) is 16.8. The van der Waals surface area contributed by atoms with Crippen molar-refractivity contribution in [1.82, 2.24) is 9.97 Å². The van der Waals surface area contributed by atoms with Gasteiger partial charge in [0, 0.05) is 33.3 Å². The maximum absolute atomic E-state index is 5.94. The highest BCUT2D eigenvalue weighted by molar-refractivity contribution is 5.81. The summed E-state index contributed by atoms with van der Waals surface area (Å²) in [4.78, 5) is 14.8. The highest BCUT2D eigenvalue weighted by Crippen LogP contribution is 2.33. The van der Waals surface area contributed by atoms with Crippen molar-refractivity contribution in [3.8, 4) is 0 Å². The lowest BCUT2D eigenvalue weighted by Gasteiger charge is -2.40. The number of anilines is 2. The highest BCUT2D eigenvalue weighted by atomic mass is 16.5. The fourth-order valence-corrected chi connectivity index (χ4v) is 4.29. The maximum atomic E-state index is 5.94. The minimum Gasteiger partial charge on any atom is -0.379 e. The molecule has 0 spiro atoms. The normalized spacial score (nSPS) is 29.3. The largest absolute Gasteiger partial charge is 0.379 e. The molecule has 4 rings (SSSR count). The van der Waals surface area contributed by atoms with Gasteiger partial charge in [-0.15, -0.1) is 0 Å². The molecule has 6 heteroatoms. The third-order valence-corrected chi connectivity index (χ3v) is 5.75. The summed E-state index contributed by atoms with van der Waals surface area (Å²) in [6, 6.07) is 8.13. The molecule has 2 aliphatic rings. The Balaban J connectivity index is 1.75. The quantitative estimate of drug-likeness (QED) is 0.827. The first-order valence-electron chi connectivity index (χ1n) is 10.00. The molecule has 1 aromatic heterocycles. The van der Waals surface area contributed by atoms with Crippen LogP contribution in [0.3, 0.4) is 0 Å². The van der Waals surface area contributed by atoms with Crippen LogP contribution < -0.4 is 9.80 Å². The van der Waals surface area contributed by atoms with Crippen LogP contribution in [0, 0.1) is 5.92 Å². The minimum absolute atomic E-state index is 0.183. The third-order valence-electron chi connectivity index (χ3n) is 5.75. The first-order chi connectivity index (χ1) is 13.0. The van der Waals surface area contributed by atoms with E-state index in [1.165, 1.54) is 0 Å². The van der Waals surface area contributed by atoms with E-state index >= 15 is 0 Å². The number of benzene rings is 1. The van der Waals surface area contributed by atoms with Crippen molar-refractivity contribution in [1.29, 1.82) is 0 Å². The predicted octanol–water partition coefficient (Wildman–Crippen LogP) is 3.10. The van der Waals surface area contributed by atoms with Crippen molar-refractivity contribution in [3.05, 3.63) is 24.3 Å². The van der Waals surface area contributed by atoms with Gasteiger partial charge >= 0.3 is 0 Å². The molecule has 2 fully saturated rings. The summed E-state index contributed by atoms with van der Waals surface area (Å²) in [7, 11) is 1.81. The third kappa shape index (κ3) is 3.73. The molecule has 0 amide bonds. The average Bonchev–Trinajstić information content (AvgIpc) is 2.66.